The van der Waals surface area contributed by atoms with Gasteiger partial charge in [-0.3, -0.25) is 4.79 Å². The molecule has 0 spiro atoms. The molecule has 0 fully saturated rings. The van der Waals surface area contributed by atoms with Crippen molar-refractivity contribution in [3.8, 4) is 11.5 Å². The molecule has 0 radical (unpaired) electrons. The van der Waals surface area contributed by atoms with Gasteiger partial charge in [-0.1, -0.05) is 24.3 Å². The fourth-order valence-corrected chi connectivity index (χ4v) is 2.65. The van der Waals surface area contributed by atoms with E-state index in [2.05, 4.69) is 0 Å². The summed E-state index contributed by atoms with van der Waals surface area (Å²) in [5.41, 5.74) is 2.32. The highest BCUT2D eigenvalue weighted by molar-refractivity contribution is 5.98. The van der Waals surface area contributed by atoms with Crippen molar-refractivity contribution in [2.24, 2.45) is 0 Å². The summed E-state index contributed by atoms with van der Waals surface area (Å²) in [7, 11) is 0. The minimum Gasteiger partial charge on any atom is -0.508 e. The third-order valence-electron chi connectivity index (χ3n) is 4.01. The minimum absolute atomic E-state index is 0.0325. The van der Waals surface area contributed by atoms with E-state index in [-0.39, 0.29) is 17.4 Å². The number of benzene rings is 2. The summed E-state index contributed by atoms with van der Waals surface area (Å²) >= 11 is 0. The Hall–Kier alpha value is -2.49. The zero-order chi connectivity index (χ0) is 16.8. The average molecular weight is 313 g/mol. The molecule has 0 heterocycles. The molecule has 0 bridgehead atoms. The first-order chi connectivity index (χ1) is 11.1. The quantitative estimate of drug-likeness (QED) is 0.859. The van der Waals surface area contributed by atoms with Gasteiger partial charge in [0.1, 0.15) is 11.5 Å². The Balaban J connectivity index is 2.23. The first kappa shape index (κ1) is 16.9. The van der Waals surface area contributed by atoms with Gasteiger partial charge in [0.05, 0.1) is 5.56 Å². The van der Waals surface area contributed by atoms with E-state index in [0.29, 0.717) is 25.1 Å². The van der Waals surface area contributed by atoms with Gasteiger partial charge in [-0.25, -0.2) is 0 Å². The Bertz CT molecular complexity index is 661. The fourth-order valence-electron chi connectivity index (χ4n) is 2.65. The number of amides is 1. The Kier molecular flexibility index (Phi) is 5.63. The molecule has 2 aromatic carbocycles. The van der Waals surface area contributed by atoms with Gasteiger partial charge in [0, 0.05) is 13.1 Å². The Morgan fingerprint density at radius 1 is 0.957 bits per heavy atom. The largest absolute Gasteiger partial charge is 0.508 e. The molecule has 0 aliphatic carbocycles. The van der Waals surface area contributed by atoms with Crippen molar-refractivity contribution in [1.82, 2.24) is 4.90 Å². The molecular formula is C19H23NO3. The average Bonchev–Trinajstić information content (AvgIpc) is 2.55. The number of phenols is 2. The Morgan fingerprint density at radius 3 is 2.22 bits per heavy atom. The maximum atomic E-state index is 12.6. The monoisotopic (exact) mass is 313 g/mol. The van der Waals surface area contributed by atoms with Crippen molar-refractivity contribution in [1.29, 1.82) is 0 Å². The van der Waals surface area contributed by atoms with E-state index >= 15 is 0 Å². The lowest BCUT2D eigenvalue weighted by Crippen LogP contribution is -2.31. The second-order valence-electron chi connectivity index (χ2n) is 5.46. The van der Waals surface area contributed by atoms with E-state index in [9.17, 15) is 15.0 Å². The summed E-state index contributed by atoms with van der Waals surface area (Å²) in [5, 5.41) is 19.5. The van der Waals surface area contributed by atoms with E-state index in [1.807, 2.05) is 32.0 Å². The molecule has 4 nitrogen and oxygen atoms in total. The van der Waals surface area contributed by atoms with Crippen LogP contribution in [-0.2, 0) is 12.8 Å². The number of rotatable bonds is 6. The number of aryl methyl sites for hydroxylation is 2. The molecule has 2 rings (SSSR count). The molecule has 23 heavy (non-hydrogen) atoms. The van der Waals surface area contributed by atoms with Crippen LogP contribution in [0.2, 0.25) is 0 Å². The maximum absolute atomic E-state index is 12.6. The SMILES string of the molecule is CCN(CC)C(=O)c1c(O)cccc1CCc1ccc(O)cc1. The minimum atomic E-state index is -0.131. The maximum Gasteiger partial charge on any atom is 0.257 e. The first-order valence-corrected chi connectivity index (χ1v) is 7.94. The summed E-state index contributed by atoms with van der Waals surface area (Å²) in [4.78, 5) is 14.3. The number of nitrogens with zero attached hydrogens (tertiary/aromatic N) is 1. The van der Waals surface area contributed by atoms with Crippen LogP contribution in [-0.4, -0.2) is 34.1 Å². The van der Waals surface area contributed by atoms with Crippen LogP contribution in [0, 0.1) is 0 Å². The second kappa shape index (κ2) is 7.68. The van der Waals surface area contributed by atoms with E-state index in [0.717, 1.165) is 17.5 Å². The summed E-state index contributed by atoms with van der Waals surface area (Å²) in [6, 6.07) is 12.2. The van der Waals surface area contributed by atoms with Gasteiger partial charge in [0.25, 0.3) is 5.91 Å². The summed E-state index contributed by atoms with van der Waals surface area (Å²) in [6.45, 7) is 5.08. The molecule has 122 valence electrons. The van der Waals surface area contributed by atoms with E-state index < -0.39 is 0 Å². The number of aromatic hydroxyl groups is 2. The predicted molar refractivity (Wildman–Crippen MR) is 90.9 cm³/mol. The van der Waals surface area contributed by atoms with Crippen molar-refractivity contribution < 1.29 is 15.0 Å². The van der Waals surface area contributed by atoms with E-state index in [4.69, 9.17) is 0 Å². The summed E-state index contributed by atoms with van der Waals surface area (Å²) in [5.74, 6) is 0.141. The second-order valence-corrected chi connectivity index (χ2v) is 5.46. The van der Waals surface area contributed by atoms with E-state index in [1.165, 1.54) is 0 Å². The van der Waals surface area contributed by atoms with Crippen LogP contribution >= 0.6 is 0 Å². The third-order valence-corrected chi connectivity index (χ3v) is 4.01. The molecule has 0 unspecified atom stereocenters. The summed E-state index contributed by atoms with van der Waals surface area (Å²) in [6.07, 6.45) is 1.39. The van der Waals surface area contributed by atoms with E-state index in [1.54, 1.807) is 29.2 Å². The lowest BCUT2D eigenvalue weighted by molar-refractivity contribution is 0.0769. The lowest BCUT2D eigenvalue weighted by atomic mass is 9.98. The smallest absolute Gasteiger partial charge is 0.257 e. The number of carbonyl (C=O) groups is 1. The van der Waals surface area contributed by atoms with Crippen LogP contribution in [0.4, 0.5) is 0 Å². The van der Waals surface area contributed by atoms with Crippen LogP contribution < -0.4 is 0 Å². The molecule has 0 aromatic heterocycles. The summed E-state index contributed by atoms with van der Waals surface area (Å²) < 4.78 is 0. The predicted octanol–water partition coefficient (Wildman–Crippen LogP) is 3.37. The van der Waals surface area contributed by atoms with Crippen molar-refractivity contribution in [3.05, 3.63) is 59.2 Å². The number of hydrogen-bond acceptors (Lipinski definition) is 3. The van der Waals surface area contributed by atoms with Gasteiger partial charge in [-0.15, -0.1) is 0 Å². The van der Waals surface area contributed by atoms with Crippen LogP contribution in [0.1, 0.15) is 35.3 Å². The molecule has 2 N–H and O–H groups in total. The van der Waals surface area contributed by atoms with Crippen molar-refractivity contribution in [3.63, 3.8) is 0 Å². The number of phenolic OH excluding ortho intramolecular Hbond substituents is 2. The molecule has 0 aliphatic heterocycles. The molecule has 0 saturated carbocycles. The van der Waals surface area contributed by atoms with Gasteiger partial charge in [-0.05, 0) is 56.0 Å². The topological polar surface area (TPSA) is 60.8 Å². The van der Waals surface area contributed by atoms with Crippen LogP contribution in [0.15, 0.2) is 42.5 Å². The van der Waals surface area contributed by atoms with Crippen molar-refractivity contribution in [2.45, 2.75) is 26.7 Å². The van der Waals surface area contributed by atoms with Crippen LogP contribution in [0.3, 0.4) is 0 Å². The Morgan fingerprint density at radius 2 is 1.61 bits per heavy atom. The fraction of sp³-hybridized carbons (Fsp3) is 0.316. The first-order valence-electron chi connectivity index (χ1n) is 7.94. The Labute approximate surface area is 137 Å². The van der Waals surface area contributed by atoms with Crippen molar-refractivity contribution >= 4 is 5.91 Å². The molecule has 0 saturated heterocycles. The molecule has 0 atom stereocenters. The molecule has 2 aromatic rings. The number of hydrogen-bond donors (Lipinski definition) is 2. The molecule has 0 aliphatic rings. The highest BCUT2D eigenvalue weighted by Crippen LogP contribution is 2.24. The van der Waals surface area contributed by atoms with Gasteiger partial charge in [0.2, 0.25) is 0 Å². The highest BCUT2D eigenvalue weighted by atomic mass is 16.3. The standard InChI is InChI=1S/C19H23NO3/c1-3-20(4-2)19(23)18-15(6-5-7-17(18)22)11-8-14-9-12-16(21)13-10-14/h5-7,9-10,12-13,21-22H,3-4,8,11H2,1-2H3. The molecular weight excluding hydrogens is 290 g/mol. The van der Waals surface area contributed by atoms with Crippen molar-refractivity contribution in [2.75, 3.05) is 13.1 Å². The zero-order valence-corrected chi connectivity index (χ0v) is 13.6. The van der Waals surface area contributed by atoms with Gasteiger partial charge in [0.15, 0.2) is 0 Å². The lowest BCUT2D eigenvalue weighted by Gasteiger charge is -2.21. The van der Waals surface area contributed by atoms with Gasteiger partial charge in [-0.2, -0.15) is 0 Å². The molecule has 1 amide bonds. The third kappa shape index (κ3) is 4.03. The van der Waals surface area contributed by atoms with Gasteiger partial charge >= 0.3 is 0 Å². The normalized spacial score (nSPS) is 10.5. The van der Waals surface area contributed by atoms with Crippen LogP contribution in [0.5, 0.6) is 11.5 Å². The van der Waals surface area contributed by atoms with Gasteiger partial charge < -0.3 is 15.1 Å². The number of carbonyl (C=O) groups excluding carboxylic acids is 1. The molecule has 4 heteroatoms. The zero-order valence-electron chi connectivity index (χ0n) is 13.6. The highest BCUT2D eigenvalue weighted by Gasteiger charge is 2.20. The van der Waals surface area contributed by atoms with Crippen LogP contribution in [0.25, 0.3) is 0 Å².